The van der Waals surface area contributed by atoms with Crippen molar-refractivity contribution in [2.24, 2.45) is 11.8 Å². The molecule has 0 bridgehead atoms. The van der Waals surface area contributed by atoms with Gasteiger partial charge in [-0.25, -0.2) is 13.2 Å². The van der Waals surface area contributed by atoms with Gasteiger partial charge in [0.25, 0.3) is 0 Å². The van der Waals surface area contributed by atoms with Crippen LogP contribution in [0.2, 0.25) is 0 Å². The van der Waals surface area contributed by atoms with Crippen LogP contribution in [0.5, 0.6) is 5.75 Å². The van der Waals surface area contributed by atoms with Gasteiger partial charge >= 0.3 is 0 Å². The average Bonchev–Trinajstić information content (AvgIpc) is 3.36. The molecule has 7 heteroatoms. The van der Waals surface area contributed by atoms with Crippen LogP contribution >= 0.6 is 0 Å². The van der Waals surface area contributed by atoms with Gasteiger partial charge in [-0.1, -0.05) is 30.3 Å². The van der Waals surface area contributed by atoms with Crippen LogP contribution in [0.15, 0.2) is 42.5 Å². The first-order valence-corrected chi connectivity index (χ1v) is 14.6. The quantitative estimate of drug-likeness (QED) is 0.500. The van der Waals surface area contributed by atoms with Gasteiger partial charge in [-0.15, -0.1) is 0 Å². The molecule has 3 fully saturated rings. The number of ether oxygens (including phenoxy) is 1. The molecular weight excluding hydrogens is 501 g/mol. The minimum Gasteiger partial charge on any atom is -0.496 e. The maximum Gasteiger partial charge on any atom is 0.248 e. The van der Waals surface area contributed by atoms with Crippen molar-refractivity contribution in [2.75, 3.05) is 26.7 Å². The zero-order valence-corrected chi connectivity index (χ0v) is 22.7. The summed E-state index contributed by atoms with van der Waals surface area (Å²) >= 11 is 0. The van der Waals surface area contributed by atoms with Gasteiger partial charge in [0.05, 0.1) is 13.0 Å². The molecule has 1 saturated carbocycles. The summed E-state index contributed by atoms with van der Waals surface area (Å²) in [6.45, 7) is 1.89. The van der Waals surface area contributed by atoms with Crippen molar-refractivity contribution in [1.82, 2.24) is 10.2 Å². The van der Waals surface area contributed by atoms with E-state index in [9.17, 15) is 18.0 Å². The normalized spacial score (nSPS) is 30.8. The third-order valence-electron chi connectivity index (χ3n) is 10.3. The smallest absolute Gasteiger partial charge is 0.248 e. The summed E-state index contributed by atoms with van der Waals surface area (Å²) in [7, 11) is 1.70. The van der Waals surface area contributed by atoms with E-state index in [1.807, 2.05) is 29.2 Å². The highest BCUT2D eigenvalue weighted by Gasteiger charge is 2.53. The summed E-state index contributed by atoms with van der Waals surface area (Å²) in [5.41, 5.74) is 2.80. The number of hydrogen-bond donors (Lipinski definition) is 1. The molecule has 39 heavy (non-hydrogen) atoms. The monoisotopic (exact) mass is 540 g/mol. The lowest BCUT2D eigenvalue weighted by Gasteiger charge is -2.48. The summed E-state index contributed by atoms with van der Waals surface area (Å²) < 4.78 is 48.8. The molecule has 6 rings (SSSR count). The van der Waals surface area contributed by atoms with Gasteiger partial charge in [0, 0.05) is 43.9 Å². The van der Waals surface area contributed by atoms with Crippen LogP contribution in [0.25, 0.3) is 0 Å². The van der Waals surface area contributed by atoms with E-state index in [-0.39, 0.29) is 53.8 Å². The number of piperidine rings is 1. The molecule has 0 radical (unpaired) electrons. The number of amides is 1. The standard InChI is InChI=1S/C32H39F3N2O2/c1-39-29-10-4-8-25-24(29)7-5-14-31(25)20-36-19-26(31)30(38)37-17-13-22(23-6-2-3-9-27(23)33)18-28(37)21-11-15-32(34,35)16-12-21/h2-4,6,8-10,21-22,26,28,36H,5,7,11-20H2,1H3. The maximum atomic E-state index is 14.8. The third-order valence-corrected chi connectivity index (χ3v) is 10.3. The number of benzene rings is 2. The fourth-order valence-corrected chi connectivity index (χ4v) is 8.28. The Balaban J connectivity index is 1.32. The number of alkyl halides is 2. The maximum absolute atomic E-state index is 14.8. The molecule has 4 nitrogen and oxygen atoms in total. The predicted molar refractivity (Wildman–Crippen MR) is 145 cm³/mol. The number of carbonyl (C=O) groups excluding carboxylic acids is 1. The largest absolute Gasteiger partial charge is 0.496 e. The minimum atomic E-state index is -2.63. The second-order valence-electron chi connectivity index (χ2n) is 12.2. The molecule has 4 atom stereocenters. The Morgan fingerprint density at radius 3 is 2.62 bits per heavy atom. The van der Waals surface area contributed by atoms with Gasteiger partial charge in [-0.3, -0.25) is 4.79 Å². The Morgan fingerprint density at radius 1 is 1.05 bits per heavy atom. The van der Waals surface area contributed by atoms with Crippen LogP contribution in [0, 0.1) is 17.7 Å². The average molecular weight is 541 g/mol. The molecule has 2 aliphatic heterocycles. The molecule has 4 unspecified atom stereocenters. The van der Waals surface area contributed by atoms with Gasteiger partial charge in [0.2, 0.25) is 11.8 Å². The van der Waals surface area contributed by atoms with E-state index < -0.39 is 5.92 Å². The Kier molecular flexibility index (Phi) is 7.15. The number of hydrogen-bond acceptors (Lipinski definition) is 3. The first kappa shape index (κ1) is 26.7. The topological polar surface area (TPSA) is 41.6 Å². The number of nitrogens with one attached hydrogen (secondary N) is 1. The molecule has 1 amide bonds. The van der Waals surface area contributed by atoms with Crippen LogP contribution in [0.3, 0.4) is 0 Å². The second kappa shape index (κ2) is 10.5. The van der Waals surface area contributed by atoms with Crippen LogP contribution in [0.4, 0.5) is 13.2 Å². The van der Waals surface area contributed by atoms with E-state index in [0.29, 0.717) is 44.3 Å². The highest BCUT2D eigenvalue weighted by molar-refractivity contribution is 5.82. The third kappa shape index (κ3) is 4.75. The lowest BCUT2D eigenvalue weighted by atomic mass is 9.63. The molecule has 2 heterocycles. The number of carbonyl (C=O) groups is 1. The molecule has 0 aromatic heterocycles. The van der Waals surface area contributed by atoms with Crippen LogP contribution in [-0.2, 0) is 16.6 Å². The molecule has 2 aromatic carbocycles. The summed E-state index contributed by atoms with van der Waals surface area (Å²) in [6, 6.07) is 12.9. The number of halogens is 3. The summed E-state index contributed by atoms with van der Waals surface area (Å²) in [5, 5.41) is 3.54. The number of methoxy groups -OCH3 is 1. The van der Waals surface area contributed by atoms with Crippen molar-refractivity contribution >= 4 is 5.91 Å². The molecule has 2 aliphatic carbocycles. The van der Waals surface area contributed by atoms with E-state index in [2.05, 4.69) is 11.4 Å². The van der Waals surface area contributed by atoms with Crippen LogP contribution < -0.4 is 10.1 Å². The fourth-order valence-electron chi connectivity index (χ4n) is 8.28. The van der Waals surface area contributed by atoms with Crippen LogP contribution in [0.1, 0.15) is 74.0 Å². The SMILES string of the molecule is COc1cccc2c1CCCC21CNCC1C(=O)N1CCC(c2ccccc2F)CC1C1CCC(F)(F)CC1. The van der Waals surface area contributed by atoms with Crippen molar-refractivity contribution in [3.8, 4) is 5.75 Å². The van der Waals surface area contributed by atoms with E-state index in [1.54, 1.807) is 13.2 Å². The Morgan fingerprint density at radius 2 is 1.85 bits per heavy atom. The number of likely N-dealkylation sites (tertiary alicyclic amines) is 1. The minimum absolute atomic E-state index is 0.00666. The Labute approximate surface area is 229 Å². The van der Waals surface area contributed by atoms with Gasteiger partial charge in [-0.2, -0.15) is 0 Å². The molecule has 1 spiro atoms. The molecule has 1 N–H and O–H groups in total. The lowest BCUT2D eigenvalue weighted by Crippen LogP contribution is -2.55. The molecule has 210 valence electrons. The second-order valence-corrected chi connectivity index (χ2v) is 12.2. The highest BCUT2D eigenvalue weighted by atomic mass is 19.3. The summed E-state index contributed by atoms with van der Waals surface area (Å²) in [5.74, 6) is -2.06. The molecule has 4 aliphatic rings. The van der Waals surface area contributed by atoms with Gasteiger partial charge in [0.15, 0.2) is 0 Å². The van der Waals surface area contributed by atoms with Crippen molar-refractivity contribution in [3.05, 3.63) is 65.0 Å². The van der Waals surface area contributed by atoms with Gasteiger partial charge in [-0.05, 0) is 85.6 Å². The van der Waals surface area contributed by atoms with E-state index in [0.717, 1.165) is 31.6 Å². The Bertz CT molecular complexity index is 1210. The number of fused-ring (bicyclic) bond motifs is 2. The van der Waals surface area contributed by atoms with E-state index in [1.165, 1.54) is 17.2 Å². The highest BCUT2D eigenvalue weighted by Crippen LogP contribution is 2.49. The number of nitrogens with zero attached hydrogens (tertiary/aromatic N) is 1. The van der Waals surface area contributed by atoms with E-state index >= 15 is 0 Å². The summed E-state index contributed by atoms with van der Waals surface area (Å²) in [6.07, 6.45) is 4.71. The van der Waals surface area contributed by atoms with Gasteiger partial charge in [0.1, 0.15) is 11.6 Å². The first-order valence-electron chi connectivity index (χ1n) is 14.6. The van der Waals surface area contributed by atoms with E-state index in [4.69, 9.17) is 4.74 Å². The summed E-state index contributed by atoms with van der Waals surface area (Å²) in [4.78, 5) is 16.6. The van der Waals surface area contributed by atoms with Crippen molar-refractivity contribution in [2.45, 2.75) is 81.1 Å². The van der Waals surface area contributed by atoms with Gasteiger partial charge < -0.3 is 15.0 Å². The predicted octanol–water partition coefficient (Wildman–Crippen LogP) is 6.23. The molecular formula is C32H39F3N2O2. The molecule has 2 aromatic rings. The lowest BCUT2D eigenvalue weighted by molar-refractivity contribution is -0.144. The molecule has 2 saturated heterocycles. The van der Waals surface area contributed by atoms with Crippen LogP contribution in [-0.4, -0.2) is 49.5 Å². The Hall–Kier alpha value is -2.54. The van der Waals surface area contributed by atoms with Crippen molar-refractivity contribution in [3.63, 3.8) is 0 Å². The zero-order chi connectivity index (χ0) is 27.2. The first-order chi connectivity index (χ1) is 18.8. The number of rotatable bonds is 4. The van der Waals surface area contributed by atoms with Crippen molar-refractivity contribution in [1.29, 1.82) is 0 Å². The zero-order valence-electron chi connectivity index (χ0n) is 22.7. The fraction of sp³-hybridized carbons (Fsp3) is 0.594. The van der Waals surface area contributed by atoms with Crippen molar-refractivity contribution < 1.29 is 22.7 Å².